The number of anilines is 1. The Labute approximate surface area is 149 Å². The lowest BCUT2D eigenvalue weighted by Gasteiger charge is -2.29. The molecule has 116 valence electrons. The Kier molecular flexibility index (Phi) is 5.59. The molecule has 0 amide bonds. The van der Waals surface area contributed by atoms with Crippen molar-refractivity contribution in [3.05, 3.63) is 15.1 Å². The van der Waals surface area contributed by atoms with Crippen molar-refractivity contribution in [3.8, 4) is 0 Å². The monoisotopic (exact) mass is 435 g/mol. The van der Waals surface area contributed by atoms with Crippen LogP contribution in [0.4, 0.5) is 5.82 Å². The first kappa shape index (κ1) is 16.2. The molecule has 0 spiro atoms. The Morgan fingerprint density at radius 3 is 2.62 bits per heavy atom. The topological polar surface area (TPSA) is 37.8 Å². The fourth-order valence-electron chi connectivity index (χ4n) is 2.66. The molecule has 2 atom stereocenters. The fraction of sp³-hybridized carbons (Fsp3) is 0.733. The highest BCUT2D eigenvalue weighted by Gasteiger charge is 2.33. The van der Waals surface area contributed by atoms with Crippen LogP contribution in [-0.4, -0.2) is 33.3 Å². The molecule has 1 saturated carbocycles. The van der Waals surface area contributed by atoms with E-state index in [1.807, 2.05) is 11.8 Å². The second-order valence-corrected chi connectivity index (χ2v) is 9.22. The van der Waals surface area contributed by atoms with Gasteiger partial charge in [-0.15, -0.1) is 11.8 Å². The summed E-state index contributed by atoms with van der Waals surface area (Å²) in [5.74, 6) is 5.28. The lowest BCUT2D eigenvalue weighted by atomic mass is 10.2. The average molecular weight is 435 g/mol. The summed E-state index contributed by atoms with van der Waals surface area (Å²) >= 11 is 6.56. The van der Waals surface area contributed by atoms with E-state index in [-0.39, 0.29) is 0 Å². The van der Waals surface area contributed by atoms with Crippen LogP contribution in [0.5, 0.6) is 0 Å². The lowest BCUT2D eigenvalue weighted by molar-refractivity contribution is 0.738. The summed E-state index contributed by atoms with van der Waals surface area (Å²) in [5.41, 5.74) is 1.29. The molecule has 2 fully saturated rings. The normalized spacial score (nSPS) is 25.9. The summed E-state index contributed by atoms with van der Waals surface area (Å²) in [6.45, 7) is 5.34. The third kappa shape index (κ3) is 3.63. The van der Waals surface area contributed by atoms with E-state index in [2.05, 4.69) is 53.5 Å². The van der Waals surface area contributed by atoms with Gasteiger partial charge in [0.15, 0.2) is 0 Å². The number of nitrogens with one attached hydrogen (secondary N) is 1. The Morgan fingerprint density at radius 1 is 1.19 bits per heavy atom. The highest BCUT2D eigenvalue weighted by atomic mass is 127. The van der Waals surface area contributed by atoms with Crippen LogP contribution in [0.15, 0.2) is 0 Å². The third-order valence-corrected chi connectivity index (χ3v) is 8.22. The standard InChI is InChI=1S/C15H22IN3S2/c1-3-10-13(21-8-7-20-10)15-18-12(9-5-6-9)11(16)14(19-15)17-4-2/h9-10,13H,3-8H2,1-2H3,(H,17,18,19). The van der Waals surface area contributed by atoms with Gasteiger partial charge in [0.2, 0.25) is 0 Å². The van der Waals surface area contributed by atoms with E-state index in [1.54, 1.807) is 0 Å². The zero-order valence-electron chi connectivity index (χ0n) is 12.6. The summed E-state index contributed by atoms with van der Waals surface area (Å²) in [5, 5.41) is 4.55. The van der Waals surface area contributed by atoms with Crippen LogP contribution in [0.2, 0.25) is 0 Å². The summed E-state index contributed by atoms with van der Waals surface area (Å²) in [6.07, 6.45) is 3.79. The van der Waals surface area contributed by atoms with Crippen LogP contribution in [0.1, 0.15) is 55.8 Å². The van der Waals surface area contributed by atoms with E-state index in [0.29, 0.717) is 16.4 Å². The highest BCUT2D eigenvalue weighted by molar-refractivity contribution is 14.1. The molecule has 2 unspecified atom stereocenters. The van der Waals surface area contributed by atoms with Crippen LogP contribution in [-0.2, 0) is 0 Å². The van der Waals surface area contributed by atoms with Crippen LogP contribution in [0.3, 0.4) is 0 Å². The molecule has 1 aromatic heterocycles. The molecule has 6 heteroatoms. The minimum absolute atomic E-state index is 0.459. The number of halogens is 1. The predicted octanol–water partition coefficient (Wildman–Crippen LogP) is 4.69. The molecule has 0 bridgehead atoms. The largest absolute Gasteiger partial charge is 0.369 e. The zero-order chi connectivity index (χ0) is 14.8. The summed E-state index contributed by atoms with van der Waals surface area (Å²) in [7, 11) is 0. The van der Waals surface area contributed by atoms with Crippen molar-refractivity contribution in [2.75, 3.05) is 23.4 Å². The van der Waals surface area contributed by atoms with E-state index < -0.39 is 0 Å². The number of aromatic nitrogens is 2. The van der Waals surface area contributed by atoms with E-state index in [4.69, 9.17) is 9.97 Å². The smallest absolute Gasteiger partial charge is 0.145 e. The van der Waals surface area contributed by atoms with Crippen molar-refractivity contribution in [2.24, 2.45) is 0 Å². The van der Waals surface area contributed by atoms with Gasteiger partial charge >= 0.3 is 0 Å². The lowest BCUT2D eigenvalue weighted by Crippen LogP contribution is -2.22. The quantitative estimate of drug-likeness (QED) is 0.680. The summed E-state index contributed by atoms with van der Waals surface area (Å²) in [6, 6.07) is 0. The van der Waals surface area contributed by atoms with Crippen LogP contribution in [0, 0.1) is 3.57 Å². The van der Waals surface area contributed by atoms with E-state index in [9.17, 15) is 0 Å². The van der Waals surface area contributed by atoms with Gasteiger partial charge in [-0.25, -0.2) is 9.97 Å². The molecule has 3 nitrogen and oxygen atoms in total. The fourth-order valence-corrected chi connectivity index (χ4v) is 6.53. The van der Waals surface area contributed by atoms with Gasteiger partial charge in [-0.05, 0) is 48.8 Å². The van der Waals surface area contributed by atoms with Crippen molar-refractivity contribution >= 4 is 51.9 Å². The molecule has 3 rings (SSSR count). The first-order valence-corrected chi connectivity index (χ1v) is 11.0. The number of nitrogens with zero attached hydrogens (tertiary/aromatic N) is 2. The Balaban J connectivity index is 1.96. The van der Waals surface area contributed by atoms with E-state index >= 15 is 0 Å². The van der Waals surface area contributed by atoms with E-state index in [1.165, 1.54) is 40.0 Å². The predicted molar refractivity (Wildman–Crippen MR) is 103 cm³/mol. The highest BCUT2D eigenvalue weighted by Crippen LogP contribution is 2.46. The molecule has 1 saturated heterocycles. The molecule has 0 aromatic carbocycles. The van der Waals surface area contributed by atoms with Gasteiger partial charge < -0.3 is 5.32 Å². The second-order valence-electron chi connectivity index (χ2n) is 5.54. The molecule has 1 N–H and O–H groups in total. The molecule has 2 heterocycles. The van der Waals surface area contributed by atoms with Gasteiger partial charge in [0.05, 0.1) is 14.5 Å². The molecular formula is C15H22IN3S2. The number of hydrogen-bond acceptors (Lipinski definition) is 5. The maximum Gasteiger partial charge on any atom is 0.145 e. The maximum atomic E-state index is 5.01. The molecule has 0 radical (unpaired) electrons. The first-order valence-electron chi connectivity index (χ1n) is 7.79. The van der Waals surface area contributed by atoms with Gasteiger partial charge in [0, 0.05) is 29.2 Å². The van der Waals surface area contributed by atoms with Crippen molar-refractivity contribution < 1.29 is 0 Å². The summed E-state index contributed by atoms with van der Waals surface area (Å²) in [4.78, 5) is 9.90. The molecule has 1 aliphatic heterocycles. The Hall–Kier alpha value is 0.310. The van der Waals surface area contributed by atoms with Crippen molar-refractivity contribution in [3.63, 3.8) is 0 Å². The van der Waals surface area contributed by atoms with Gasteiger partial charge in [0.1, 0.15) is 11.6 Å². The number of rotatable bonds is 5. The molecule has 1 aliphatic carbocycles. The molecular weight excluding hydrogens is 413 g/mol. The minimum Gasteiger partial charge on any atom is -0.369 e. The SMILES string of the molecule is CCNc1nc(C2SCCSC2CC)nc(C2CC2)c1I. The zero-order valence-corrected chi connectivity index (χ0v) is 16.4. The van der Waals surface area contributed by atoms with Gasteiger partial charge in [0.25, 0.3) is 0 Å². The first-order chi connectivity index (χ1) is 10.2. The Morgan fingerprint density at radius 2 is 1.95 bits per heavy atom. The second kappa shape index (κ2) is 7.25. The number of hydrogen-bond donors (Lipinski definition) is 1. The Bertz CT molecular complexity index is 508. The average Bonchev–Trinajstić information content (AvgIpc) is 3.34. The van der Waals surface area contributed by atoms with Crippen molar-refractivity contribution in [2.45, 2.75) is 49.5 Å². The molecule has 2 aliphatic rings. The van der Waals surface area contributed by atoms with Crippen molar-refractivity contribution in [1.82, 2.24) is 9.97 Å². The van der Waals surface area contributed by atoms with Crippen LogP contribution < -0.4 is 5.32 Å². The molecule has 21 heavy (non-hydrogen) atoms. The van der Waals surface area contributed by atoms with Crippen LogP contribution in [0.25, 0.3) is 0 Å². The van der Waals surface area contributed by atoms with Crippen LogP contribution >= 0.6 is 46.1 Å². The van der Waals surface area contributed by atoms with Crippen molar-refractivity contribution in [1.29, 1.82) is 0 Å². The maximum absolute atomic E-state index is 5.01. The van der Waals surface area contributed by atoms with Gasteiger partial charge in [-0.1, -0.05) is 6.92 Å². The molecule has 1 aromatic rings. The summed E-state index contributed by atoms with van der Waals surface area (Å²) < 4.78 is 1.24. The minimum atomic E-state index is 0.459. The number of thioether (sulfide) groups is 2. The van der Waals surface area contributed by atoms with E-state index in [0.717, 1.165) is 18.2 Å². The van der Waals surface area contributed by atoms with Gasteiger partial charge in [-0.3, -0.25) is 0 Å². The third-order valence-electron chi connectivity index (χ3n) is 3.91. The van der Waals surface area contributed by atoms with Gasteiger partial charge in [-0.2, -0.15) is 11.8 Å².